The number of aromatic nitrogens is 1. The van der Waals surface area contributed by atoms with Crippen LogP contribution in [0.2, 0.25) is 0 Å². The number of aliphatic carboxylic acids is 2. The summed E-state index contributed by atoms with van der Waals surface area (Å²) in [5.74, 6) is -3.65. The molecule has 1 aliphatic heterocycles. The summed E-state index contributed by atoms with van der Waals surface area (Å²) in [5.41, 5.74) is 5.75. The van der Waals surface area contributed by atoms with Crippen LogP contribution in [0.3, 0.4) is 0 Å². The number of fused-ring (bicyclic) bond motifs is 1. The van der Waals surface area contributed by atoms with Crippen molar-refractivity contribution in [1.82, 2.24) is 20.5 Å². The van der Waals surface area contributed by atoms with E-state index in [1.165, 1.54) is 30.3 Å². The van der Waals surface area contributed by atoms with Gasteiger partial charge in [0.15, 0.2) is 0 Å². The molecule has 3 amide bonds. The van der Waals surface area contributed by atoms with Gasteiger partial charge in [-0.15, -0.1) is 0 Å². The molecule has 2 heterocycles. The van der Waals surface area contributed by atoms with Crippen LogP contribution in [0.25, 0.3) is 0 Å². The van der Waals surface area contributed by atoms with Crippen molar-refractivity contribution in [3.05, 3.63) is 23.9 Å². The number of hydrogen-bond acceptors (Lipinski definition) is 8. The zero-order chi connectivity index (χ0) is 29.2. The molecule has 1 aromatic heterocycles. The van der Waals surface area contributed by atoms with E-state index in [1.807, 2.05) is 0 Å². The minimum absolute atomic E-state index is 0.132. The lowest BCUT2D eigenvalue weighted by molar-refractivity contribution is -0.150. The molecule has 13 nitrogen and oxygen atoms in total. The molecule has 5 atom stereocenters. The van der Waals surface area contributed by atoms with E-state index in [-0.39, 0.29) is 36.8 Å². The Morgan fingerprint density at radius 3 is 2.45 bits per heavy atom. The number of unbranched alkanes of at least 4 members (excludes halogenated alkanes) is 1. The quantitative estimate of drug-likeness (QED) is 0.203. The minimum Gasteiger partial charge on any atom is -0.481 e. The van der Waals surface area contributed by atoms with Gasteiger partial charge in [0.05, 0.1) is 12.7 Å². The van der Waals surface area contributed by atoms with Crippen molar-refractivity contribution in [2.24, 2.45) is 11.7 Å². The van der Waals surface area contributed by atoms with Crippen LogP contribution < -0.4 is 21.1 Å². The number of hydrogen-bond donors (Lipinski definition) is 5. The van der Waals surface area contributed by atoms with E-state index in [0.29, 0.717) is 31.7 Å². The molecule has 1 aliphatic carbocycles. The fourth-order valence-electron chi connectivity index (χ4n) is 5.60. The predicted molar refractivity (Wildman–Crippen MR) is 142 cm³/mol. The van der Waals surface area contributed by atoms with Crippen LogP contribution in [0.15, 0.2) is 18.3 Å². The summed E-state index contributed by atoms with van der Waals surface area (Å²) in [6.07, 6.45) is 6.10. The van der Waals surface area contributed by atoms with E-state index in [9.17, 15) is 34.2 Å². The van der Waals surface area contributed by atoms with Gasteiger partial charge in [-0.05, 0) is 63.5 Å². The number of ether oxygens (including phenoxy) is 1. The summed E-state index contributed by atoms with van der Waals surface area (Å²) in [5, 5.41) is 24.5. The topological polar surface area (TPSA) is 201 Å². The fraction of sp³-hybridized carbons (Fsp3) is 0.630. The van der Waals surface area contributed by atoms with Gasteiger partial charge in [0.2, 0.25) is 17.7 Å². The maximum atomic E-state index is 13.2. The average molecular weight is 562 g/mol. The van der Waals surface area contributed by atoms with Gasteiger partial charge < -0.3 is 36.2 Å². The van der Waals surface area contributed by atoms with E-state index in [1.54, 1.807) is 0 Å². The first kappa shape index (κ1) is 30.8. The summed E-state index contributed by atoms with van der Waals surface area (Å²) >= 11 is 0. The Kier molecular flexibility index (Phi) is 11.2. The number of nitrogens with one attached hydrogen (secondary N) is 2. The SMILES string of the molecule is COc1ccc(C(=O)N[C@@H](CCCCN)C(=O)N[C@H](CCC(=O)N2[C@H](C(=O)O)C[C@@H]3CCCC[C@@H]32)C(=O)O)cn1. The smallest absolute Gasteiger partial charge is 0.326 e. The summed E-state index contributed by atoms with van der Waals surface area (Å²) in [4.78, 5) is 68.3. The lowest BCUT2D eigenvalue weighted by Crippen LogP contribution is -2.52. The number of amides is 3. The van der Waals surface area contributed by atoms with Crippen molar-refractivity contribution >= 4 is 29.7 Å². The number of methoxy groups -OCH3 is 1. The fourth-order valence-corrected chi connectivity index (χ4v) is 5.60. The molecule has 3 rings (SSSR count). The van der Waals surface area contributed by atoms with Gasteiger partial charge >= 0.3 is 11.9 Å². The number of carbonyl (C=O) groups is 5. The van der Waals surface area contributed by atoms with Crippen LogP contribution in [-0.4, -0.2) is 87.6 Å². The molecule has 1 saturated heterocycles. The Hall–Kier alpha value is -3.74. The van der Waals surface area contributed by atoms with Crippen molar-refractivity contribution in [3.63, 3.8) is 0 Å². The highest BCUT2D eigenvalue weighted by molar-refractivity contribution is 5.98. The molecule has 13 heteroatoms. The molecule has 40 heavy (non-hydrogen) atoms. The number of carbonyl (C=O) groups excluding carboxylic acids is 3. The van der Waals surface area contributed by atoms with Crippen molar-refractivity contribution < 1.29 is 38.9 Å². The first-order valence-electron chi connectivity index (χ1n) is 13.7. The van der Waals surface area contributed by atoms with Gasteiger partial charge in [-0.2, -0.15) is 0 Å². The Labute approximate surface area is 232 Å². The van der Waals surface area contributed by atoms with E-state index in [4.69, 9.17) is 10.5 Å². The standard InChI is InChI=1S/C27H39N5O8/c1-40-22-11-9-17(15-29-22)24(34)30-18(7-4-5-13-28)25(35)31-19(26(36)37)10-12-23(33)32-20-8-3-2-6-16(20)14-21(32)27(38)39/h9,11,15-16,18-21H,2-8,10,12-14,28H2,1H3,(H,30,34)(H,31,35)(H,36,37)(H,38,39)/t16-,18-,19+,20-,21-/m0/s1. The lowest BCUT2D eigenvalue weighted by atomic mass is 9.84. The third-order valence-electron chi connectivity index (χ3n) is 7.70. The highest BCUT2D eigenvalue weighted by Crippen LogP contribution is 2.40. The Balaban J connectivity index is 1.65. The molecular formula is C27H39N5O8. The lowest BCUT2D eigenvalue weighted by Gasteiger charge is -2.33. The van der Waals surface area contributed by atoms with E-state index in [0.717, 1.165) is 25.7 Å². The maximum Gasteiger partial charge on any atom is 0.326 e. The van der Waals surface area contributed by atoms with Crippen molar-refractivity contribution in [3.8, 4) is 5.88 Å². The predicted octanol–water partition coefficient (Wildman–Crippen LogP) is 0.912. The van der Waals surface area contributed by atoms with Crippen LogP contribution >= 0.6 is 0 Å². The monoisotopic (exact) mass is 561 g/mol. The van der Waals surface area contributed by atoms with Gasteiger partial charge in [0.25, 0.3) is 5.91 Å². The number of likely N-dealkylation sites (tertiary alicyclic amines) is 1. The van der Waals surface area contributed by atoms with Crippen molar-refractivity contribution in [2.75, 3.05) is 13.7 Å². The molecule has 0 unspecified atom stereocenters. The van der Waals surface area contributed by atoms with E-state index < -0.39 is 47.8 Å². The van der Waals surface area contributed by atoms with Gasteiger partial charge in [-0.25, -0.2) is 14.6 Å². The highest BCUT2D eigenvalue weighted by Gasteiger charge is 2.47. The Morgan fingerprint density at radius 1 is 1.07 bits per heavy atom. The van der Waals surface area contributed by atoms with Crippen LogP contribution in [0.5, 0.6) is 5.88 Å². The number of rotatable bonds is 14. The van der Waals surface area contributed by atoms with Crippen LogP contribution in [0.1, 0.15) is 74.6 Å². The zero-order valence-corrected chi connectivity index (χ0v) is 22.7. The number of nitrogens with two attached hydrogens (primary N) is 1. The second-order valence-corrected chi connectivity index (χ2v) is 10.3. The van der Waals surface area contributed by atoms with Crippen molar-refractivity contribution in [1.29, 1.82) is 0 Å². The van der Waals surface area contributed by atoms with E-state index >= 15 is 0 Å². The average Bonchev–Trinajstić information content (AvgIpc) is 3.34. The molecular weight excluding hydrogens is 522 g/mol. The molecule has 0 spiro atoms. The number of carboxylic acids is 2. The largest absolute Gasteiger partial charge is 0.481 e. The second-order valence-electron chi connectivity index (χ2n) is 10.3. The summed E-state index contributed by atoms with van der Waals surface area (Å²) < 4.78 is 4.99. The molecule has 1 aromatic rings. The Bertz CT molecular complexity index is 1070. The van der Waals surface area contributed by atoms with Gasteiger partial charge in [-0.3, -0.25) is 14.4 Å². The molecule has 2 aliphatic rings. The second kappa shape index (κ2) is 14.6. The highest BCUT2D eigenvalue weighted by atomic mass is 16.5. The molecule has 6 N–H and O–H groups in total. The van der Waals surface area contributed by atoms with Crippen LogP contribution in [-0.2, 0) is 19.2 Å². The third kappa shape index (κ3) is 7.90. The van der Waals surface area contributed by atoms with Crippen LogP contribution in [0, 0.1) is 5.92 Å². The molecule has 220 valence electrons. The normalized spacial score (nSPS) is 21.6. The minimum atomic E-state index is -1.40. The maximum absolute atomic E-state index is 13.2. The Morgan fingerprint density at radius 2 is 1.82 bits per heavy atom. The first-order valence-corrected chi connectivity index (χ1v) is 13.7. The van der Waals surface area contributed by atoms with E-state index in [2.05, 4.69) is 15.6 Å². The van der Waals surface area contributed by atoms with Gasteiger partial charge in [-0.1, -0.05) is 12.8 Å². The molecule has 0 aromatic carbocycles. The number of carboxylic acid groups (broad SMARTS) is 2. The number of nitrogens with zero attached hydrogens (tertiary/aromatic N) is 2. The third-order valence-corrected chi connectivity index (χ3v) is 7.70. The first-order chi connectivity index (χ1) is 19.2. The van der Waals surface area contributed by atoms with Gasteiger partial charge in [0, 0.05) is 24.7 Å². The molecule has 2 fully saturated rings. The summed E-state index contributed by atoms with van der Waals surface area (Å²) in [6, 6.07) is -0.539. The summed E-state index contributed by atoms with van der Waals surface area (Å²) in [7, 11) is 1.44. The molecule has 1 saturated carbocycles. The summed E-state index contributed by atoms with van der Waals surface area (Å²) in [6.45, 7) is 0.389. The van der Waals surface area contributed by atoms with Crippen LogP contribution in [0.4, 0.5) is 0 Å². The number of pyridine rings is 1. The van der Waals surface area contributed by atoms with Crippen molar-refractivity contribution in [2.45, 2.75) is 88.4 Å². The zero-order valence-electron chi connectivity index (χ0n) is 22.7. The molecule has 0 radical (unpaired) electrons. The molecule has 0 bridgehead atoms. The van der Waals surface area contributed by atoms with Gasteiger partial charge in [0.1, 0.15) is 18.1 Å².